The molecule has 1 aliphatic heterocycles. The van der Waals surface area contributed by atoms with Gasteiger partial charge in [-0.1, -0.05) is 37.3 Å². The van der Waals surface area contributed by atoms with Gasteiger partial charge in [0, 0.05) is 32.0 Å². The van der Waals surface area contributed by atoms with E-state index in [1.54, 1.807) is 29.2 Å². The highest BCUT2D eigenvalue weighted by Gasteiger charge is 2.27. The van der Waals surface area contributed by atoms with Crippen LogP contribution in [-0.4, -0.2) is 52.3 Å². The van der Waals surface area contributed by atoms with Crippen LogP contribution in [0.1, 0.15) is 36.5 Å². The Morgan fingerprint density at radius 3 is 2.32 bits per heavy atom. The number of aryl methyl sites for hydroxylation is 4. The largest absolute Gasteiger partial charge is 0.356 e. The third kappa shape index (κ3) is 6.22. The molecule has 0 atom stereocenters. The maximum atomic E-state index is 12.8. The highest BCUT2D eigenvalue weighted by atomic mass is 32.2. The summed E-state index contributed by atoms with van der Waals surface area (Å²) >= 11 is 0. The van der Waals surface area contributed by atoms with Crippen molar-refractivity contribution in [3.8, 4) is 0 Å². The van der Waals surface area contributed by atoms with Crippen molar-refractivity contribution in [2.45, 2.75) is 51.0 Å². The van der Waals surface area contributed by atoms with Gasteiger partial charge in [-0.3, -0.25) is 4.18 Å². The molecule has 44 heavy (non-hydrogen) atoms. The Morgan fingerprint density at radius 1 is 0.932 bits per heavy atom. The molecule has 11 nitrogen and oxygen atoms in total. The second-order valence-electron chi connectivity index (χ2n) is 11.1. The minimum Gasteiger partial charge on any atom is -0.356 e. The van der Waals surface area contributed by atoms with E-state index in [-0.39, 0.29) is 11.0 Å². The number of piperidine rings is 1. The van der Waals surface area contributed by atoms with E-state index in [1.165, 1.54) is 0 Å². The molecule has 0 amide bonds. The van der Waals surface area contributed by atoms with E-state index in [1.807, 2.05) is 44.3 Å². The van der Waals surface area contributed by atoms with Gasteiger partial charge in [0.1, 0.15) is 5.82 Å². The number of anilines is 5. The first-order chi connectivity index (χ1) is 21.2. The average molecular weight is 613 g/mol. The van der Waals surface area contributed by atoms with Crippen LogP contribution in [0.4, 0.5) is 29.0 Å². The third-order valence-corrected chi connectivity index (χ3v) is 9.33. The van der Waals surface area contributed by atoms with Crippen LogP contribution in [-0.2, 0) is 27.8 Å². The molecule has 5 aromatic rings. The summed E-state index contributed by atoms with van der Waals surface area (Å²) in [4.78, 5) is 16.2. The van der Waals surface area contributed by atoms with Crippen molar-refractivity contribution in [1.82, 2.24) is 24.7 Å². The Hall–Kier alpha value is -4.55. The van der Waals surface area contributed by atoms with E-state index in [9.17, 15) is 8.42 Å². The summed E-state index contributed by atoms with van der Waals surface area (Å²) in [5.41, 5.74) is 5.84. The van der Waals surface area contributed by atoms with Gasteiger partial charge in [0.2, 0.25) is 5.95 Å². The fourth-order valence-electron chi connectivity index (χ4n) is 5.40. The van der Waals surface area contributed by atoms with E-state index >= 15 is 0 Å². The second kappa shape index (κ2) is 12.2. The number of hydrogen-bond donors (Lipinski definition) is 2. The zero-order chi connectivity index (χ0) is 30.8. The Kier molecular flexibility index (Phi) is 8.19. The van der Waals surface area contributed by atoms with Gasteiger partial charge in [-0.25, -0.2) is 14.6 Å². The molecule has 228 valence electrons. The number of aromatic nitrogens is 5. The second-order valence-corrected chi connectivity index (χ2v) is 12.6. The zero-order valence-electron chi connectivity index (χ0n) is 25.3. The normalized spacial score (nSPS) is 14.2. The van der Waals surface area contributed by atoms with Gasteiger partial charge in [-0.05, 0) is 74.1 Å². The van der Waals surface area contributed by atoms with Gasteiger partial charge < -0.3 is 15.5 Å². The lowest BCUT2D eigenvalue weighted by molar-refractivity contribution is 0.178. The van der Waals surface area contributed by atoms with Gasteiger partial charge in [0.15, 0.2) is 11.5 Å². The van der Waals surface area contributed by atoms with Gasteiger partial charge in [0.25, 0.3) is 10.1 Å². The standard InChI is InChI=1S/C32H36N8O3S/c1-5-23-9-12-26(13-10-23)44(41,42)43-25-15-17-40(18-16-25)28-14-11-24(19-33-28)35-32-34-20-27-30(38-39(4)31(27)37-32)36-29-21(2)7-6-8-22(29)3/h6-14,19-20,25H,5,15-18H2,1-4H3,(H,36,38)(H,34,35,37). The van der Waals surface area contributed by atoms with Crippen LogP contribution in [0, 0.1) is 13.8 Å². The highest BCUT2D eigenvalue weighted by Crippen LogP contribution is 2.29. The molecule has 2 aromatic carbocycles. The molecular weight excluding hydrogens is 576 g/mol. The van der Waals surface area contributed by atoms with Crippen molar-refractivity contribution in [2.75, 3.05) is 28.6 Å². The lowest BCUT2D eigenvalue weighted by Gasteiger charge is -2.32. The summed E-state index contributed by atoms with van der Waals surface area (Å²) < 4.78 is 32.8. The number of benzene rings is 2. The van der Waals surface area contributed by atoms with Gasteiger partial charge in [-0.2, -0.15) is 18.5 Å². The summed E-state index contributed by atoms with van der Waals surface area (Å²) in [6.45, 7) is 7.46. The zero-order valence-corrected chi connectivity index (χ0v) is 26.1. The van der Waals surface area contributed by atoms with Crippen LogP contribution in [0.5, 0.6) is 0 Å². The Labute approximate surface area is 257 Å². The molecule has 4 heterocycles. The van der Waals surface area contributed by atoms with Crippen molar-refractivity contribution < 1.29 is 12.6 Å². The number of nitrogens with one attached hydrogen (secondary N) is 2. The van der Waals surface area contributed by atoms with Crippen molar-refractivity contribution in [3.05, 3.63) is 83.7 Å². The molecule has 0 radical (unpaired) electrons. The summed E-state index contributed by atoms with van der Waals surface area (Å²) in [6, 6.07) is 16.9. The fourth-order valence-corrected chi connectivity index (χ4v) is 6.54. The van der Waals surface area contributed by atoms with E-state index in [0.717, 1.165) is 45.7 Å². The summed E-state index contributed by atoms with van der Waals surface area (Å²) in [6.07, 6.45) is 5.18. The van der Waals surface area contributed by atoms with Crippen LogP contribution >= 0.6 is 0 Å². The predicted octanol–water partition coefficient (Wildman–Crippen LogP) is 5.80. The quantitative estimate of drug-likeness (QED) is 0.197. The first-order valence-corrected chi connectivity index (χ1v) is 16.1. The fraction of sp³-hybridized carbons (Fsp3) is 0.312. The smallest absolute Gasteiger partial charge is 0.297 e. The number of nitrogens with zero attached hydrogens (tertiary/aromatic N) is 6. The van der Waals surface area contributed by atoms with Crippen LogP contribution in [0.25, 0.3) is 11.0 Å². The third-order valence-electron chi connectivity index (χ3n) is 7.96. The Bertz CT molecular complexity index is 1860. The molecule has 1 aliphatic rings. The molecule has 0 aliphatic carbocycles. The maximum absolute atomic E-state index is 12.8. The highest BCUT2D eigenvalue weighted by molar-refractivity contribution is 7.86. The Morgan fingerprint density at radius 2 is 1.66 bits per heavy atom. The van der Waals surface area contributed by atoms with Crippen molar-refractivity contribution in [2.24, 2.45) is 7.05 Å². The molecule has 0 saturated carbocycles. The van der Waals surface area contributed by atoms with E-state index in [2.05, 4.69) is 56.6 Å². The number of para-hydroxylation sites is 1. The maximum Gasteiger partial charge on any atom is 0.297 e. The lowest BCUT2D eigenvalue weighted by atomic mass is 10.1. The first kappa shape index (κ1) is 29.5. The average Bonchev–Trinajstić information content (AvgIpc) is 3.33. The SMILES string of the molecule is CCc1ccc(S(=O)(=O)OC2CCN(c3ccc(Nc4ncc5c(Nc6c(C)cccc6C)nn(C)c5n4)cn3)CC2)cc1. The number of rotatable bonds is 9. The van der Waals surface area contributed by atoms with Crippen molar-refractivity contribution in [3.63, 3.8) is 0 Å². The molecular formula is C32H36N8O3S. The molecule has 0 spiro atoms. The topological polar surface area (TPSA) is 127 Å². The molecule has 6 rings (SSSR count). The van der Waals surface area contributed by atoms with E-state index in [4.69, 9.17) is 9.17 Å². The van der Waals surface area contributed by atoms with Crippen LogP contribution in [0.3, 0.4) is 0 Å². The van der Waals surface area contributed by atoms with Gasteiger partial charge >= 0.3 is 0 Å². The van der Waals surface area contributed by atoms with Crippen molar-refractivity contribution >= 4 is 50.1 Å². The number of hydrogen-bond acceptors (Lipinski definition) is 10. The predicted molar refractivity (Wildman–Crippen MR) is 172 cm³/mol. The van der Waals surface area contributed by atoms with Gasteiger partial charge in [0.05, 0.1) is 28.3 Å². The van der Waals surface area contributed by atoms with Crippen LogP contribution in [0.2, 0.25) is 0 Å². The molecule has 1 fully saturated rings. The molecule has 3 aromatic heterocycles. The van der Waals surface area contributed by atoms with Gasteiger partial charge in [-0.15, -0.1) is 0 Å². The molecule has 2 N–H and O–H groups in total. The number of pyridine rings is 1. The molecule has 0 bridgehead atoms. The lowest BCUT2D eigenvalue weighted by Crippen LogP contribution is -2.38. The van der Waals surface area contributed by atoms with E-state index < -0.39 is 10.1 Å². The Balaban J connectivity index is 1.07. The minimum atomic E-state index is -3.80. The summed E-state index contributed by atoms with van der Waals surface area (Å²) in [5.74, 6) is 1.96. The van der Waals surface area contributed by atoms with Crippen LogP contribution < -0.4 is 15.5 Å². The molecule has 0 unspecified atom stereocenters. The minimum absolute atomic E-state index is 0.197. The van der Waals surface area contributed by atoms with Crippen LogP contribution in [0.15, 0.2) is 71.9 Å². The summed E-state index contributed by atoms with van der Waals surface area (Å²) in [5, 5.41) is 12.1. The molecule has 1 saturated heterocycles. The summed E-state index contributed by atoms with van der Waals surface area (Å²) in [7, 11) is -1.94. The molecule has 12 heteroatoms. The first-order valence-electron chi connectivity index (χ1n) is 14.7. The van der Waals surface area contributed by atoms with Crippen molar-refractivity contribution in [1.29, 1.82) is 0 Å². The monoisotopic (exact) mass is 612 g/mol. The van der Waals surface area contributed by atoms with E-state index in [0.29, 0.717) is 43.3 Å². The number of fused-ring (bicyclic) bond motifs is 1.